The lowest BCUT2D eigenvalue weighted by atomic mass is 10.3. The minimum absolute atomic E-state index is 0.703. The molecule has 0 radical (unpaired) electrons. The fourth-order valence-electron chi connectivity index (χ4n) is 1.53. The van der Waals surface area contributed by atoms with E-state index in [4.69, 9.17) is 11.6 Å². The molecule has 0 N–H and O–H groups in total. The number of halogens is 1. The summed E-state index contributed by atoms with van der Waals surface area (Å²) in [4.78, 5) is 0. The number of rotatable bonds is 6. The molecule has 0 aliphatic heterocycles. The highest BCUT2D eigenvalue weighted by atomic mass is 35.5. The van der Waals surface area contributed by atoms with Gasteiger partial charge in [0.25, 0.3) is 0 Å². The monoisotopic (exact) mass is 213 g/mol. The fraction of sp³-hybridized carbons (Fsp3) is 0.800. The largest absolute Gasteiger partial charge is 0.252 e. The summed E-state index contributed by atoms with van der Waals surface area (Å²) in [6.07, 6.45) is 8.07. The van der Waals surface area contributed by atoms with Crippen molar-refractivity contribution in [2.24, 2.45) is 5.92 Å². The van der Waals surface area contributed by atoms with Crippen LogP contribution >= 0.6 is 11.6 Å². The maximum Gasteiger partial charge on any atom is 0.0827 e. The van der Waals surface area contributed by atoms with Crippen molar-refractivity contribution in [1.29, 1.82) is 0 Å². The topological polar surface area (TPSA) is 30.7 Å². The first-order valence-corrected chi connectivity index (χ1v) is 5.87. The van der Waals surface area contributed by atoms with E-state index in [1.54, 1.807) is 0 Å². The lowest BCUT2D eigenvalue weighted by Crippen LogP contribution is -1.99. The smallest absolute Gasteiger partial charge is 0.0827 e. The van der Waals surface area contributed by atoms with Gasteiger partial charge in [-0.05, 0) is 25.2 Å². The van der Waals surface area contributed by atoms with Crippen LogP contribution in [-0.4, -0.2) is 20.9 Å². The van der Waals surface area contributed by atoms with Crippen LogP contribution in [0.1, 0.15) is 31.4 Å². The zero-order valence-electron chi connectivity index (χ0n) is 8.32. The van der Waals surface area contributed by atoms with Gasteiger partial charge >= 0.3 is 0 Å². The molecule has 78 valence electrons. The molecule has 1 saturated carbocycles. The van der Waals surface area contributed by atoms with Crippen LogP contribution in [0.5, 0.6) is 0 Å². The highest BCUT2D eigenvalue weighted by molar-refractivity contribution is 6.17. The molecule has 1 aromatic heterocycles. The van der Waals surface area contributed by atoms with Crippen molar-refractivity contribution in [2.45, 2.75) is 38.6 Å². The van der Waals surface area contributed by atoms with Crippen LogP contribution in [0.25, 0.3) is 0 Å². The summed E-state index contributed by atoms with van der Waals surface area (Å²) in [6.45, 7) is 1.03. The van der Waals surface area contributed by atoms with Crippen molar-refractivity contribution in [3.05, 3.63) is 11.9 Å². The van der Waals surface area contributed by atoms with Gasteiger partial charge in [0.15, 0.2) is 0 Å². The van der Waals surface area contributed by atoms with Crippen molar-refractivity contribution in [2.75, 3.05) is 5.88 Å². The summed E-state index contributed by atoms with van der Waals surface area (Å²) in [5.41, 5.74) is 1.07. The van der Waals surface area contributed by atoms with E-state index in [0.29, 0.717) is 5.88 Å². The molecule has 0 aromatic carbocycles. The minimum Gasteiger partial charge on any atom is -0.252 e. The summed E-state index contributed by atoms with van der Waals surface area (Å²) in [5.74, 6) is 1.67. The molecule has 3 nitrogen and oxygen atoms in total. The van der Waals surface area contributed by atoms with Crippen LogP contribution in [-0.2, 0) is 13.0 Å². The molecule has 4 heteroatoms. The van der Waals surface area contributed by atoms with Gasteiger partial charge in [-0.15, -0.1) is 16.7 Å². The lowest BCUT2D eigenvalue weighted by Gasteiger charge is -1.96. The molecular weight excluding hydrogens is 198 g/mol. The Balaban J connectivity index is 1.76. The average Bonchev–Trinajstić information content (AvgIpc) is 2.92. The number of nitrogens with zero attached hydrogens (tertiary/aromatic N) is 3. The van der Waals surface area contributed by atoms with E-state index in [1.165, 1.54) is 19.3 Å². The van der Waals surface area contributed by atoms with Gasteiger partial charge in [0, 0.05) is 18.6 Å². The van der Waals surface area contributed by atoms with Crippen molar-refractivity contribution in [1.82, 2.24) is 15.0 Å². The van der Waals surface area contributed by atoms with E-state index < -0.39 is 0 Å². The van der Waals surface area contributed by atoms with Crippen LogP contribution in [0.2, 0.25) is 0 Å². The second-order valence-corrected chi connectivity index (χ2v) is 4.38. The normalized spacial score (nSPS) is 16.1. The number of aryl methyl sites for hydroxylation is 2. The maximum atomic E-state index is 5.61. The van der Waals surface area contributed by atoms with Crippen LogP contribution in [0.3, 0.4) is 0 Å². The maximum absolute atomic E-state index is 5.61. The molecule has 0 spiro atoms. The fourth-order valence-corrected chi connectivity index (χ4v) is 1.67. The van der Waals surface area contributed by atoms with E-state index in [-0.39, 0.29) is 0 Å². The van der Waals surface area contributed by atoms with Crippen molar-refractivity contribution in [3.8, 4) is 0 Å². The molecule has 1 aromatic rings. The Morgan fingerprint density at radius 1 is 1.50 bits per heavy atom. The molecule has 1 fully saturated rings. The zero-order chi connectivity index (χ0) is 9.80. The first kappa shape index (κ1) is 9.97. The molecule has 1 heterocycles. The lowest BCUT2D eigenvalue weighted by molar-refractivity contribution is 0.531. The molecule has 0 saturated heterocycles. The SMILES string of the molecule is ClCCCc1cn(CCC2CC2)nn1. The summed E-state index contributed by atoms with van der Waals surface area (Å²) in [7, 11) is 0. The van der Waals surface area contributed by atoms with Gasteiger partial charge in [-0.2, -0.15) is 0 Å². The second-order valence-electron chi connectivity index (χ2n) is 4.00. The molecule has 2 rings (SSSR count). The summed E-state index contributed by atoms with van der Waals surface area (Å²) >= 11 is 5.61. The number of hydrogen-bond donors (Lipinski definition) is 0. The zero-order valence-corrected chi connectivity index (χ0v) is 9.08. The Morgan fingerprint density at radius 2 is 2.36 bits per heavy atom. The van der Waals surface area contributed by atoms with Crippen molar-refractivity contribution < 1.29 is 0 Å². The van der Waals surface area contributed by atoms with Crippen LogP contribution in [0.4, 0.5) is 0 Å². The predicted molar refractivity (Wildman–Crippen MR) is 56.4 cm³/mol. The molecular formula is C10H16ClN3. The average molecular weight is 214 g/mol. The van der Waals surface area contributed by atoms with E-state index in [0.717, 1.165) is 31.0 Å². The molecule has 1 aliphatic carbocycles. The Labute approximate surface area is 89.4 Å². The Bertz CT molecular complexity index is 281. The van der Waals surface area contributed by atoms with Gasteiger partial charge in [-0.1, -0.05) is 18.1 Å². The van der Waals surface area contributed by atoms with Crippen LogP contribution in [0, 0.1) is 5.92 Å². The Hall–Kier alpha value is -0.570. The van der Waals surface area contributed by atoms with Crippen LogP contribution in [0.15, 0.2) is 6.20 Å². The van der Waals surface area contributed by atoms with Gasteiger partial charge in [-0.25, -0.2) is 0 Å². The summed E-state index contributed by atoms with van der Waals surface area (Å²) in [6, 6.07) is 0. The highest BCUT2D eigenvalue weighted by Crippen LogP contribution is 2.32. The van der Waals surface area contributed by atoms with Crippen molar-refractivity contribution >= 4 is 11.6 Å². The van der Waals surface area contributed by atoms with Gasteiger partial charge in [0.2, 0.25) is 0 Å². The Kier molecular flexibility index (Phi) is 3.40. The molecule has 14 heavy (non-hydrogen) atoms. The molecule has 0 bridgehead atoms. The van der Waals surface area contributed by atoms with Gasteiger partial charge in [0.1, 0.15) is 0 Å². The summed E-state index contributed by atoms with van der Waals surface area (Å²) in [5, 5.41) is 8.20. The van der Waals surface area contributed by atoms with Gasteiger partial charge in [0.05, 0.1) is 5.69 Å². The molecule has 0 amide bonds. The first-order valence-electron chi connectivity index (χ1n) is 5.33. The van der Waals surface area contributed by atoms with Crippen LogP contribution < -0.4 is 0 Å². The second kappa shape index (κ2) is 4.78. The first-order chi connectivity index (χ1) is 6.88. The number of aromatic nitrogens is 3. The van der Waals surface area contributed by atoms with E-state index in [9.17, 15) is 0 Å². The van der Waals surface area contributed by atoms with E-state index in [2.05, 4.69) is 16.5 Å². The van der Waals surface area contributed by atoms with Gasteiger partial charge in [-0.3, -0.25) is 4.68 Å². The molecule has 0 unspecified atom stereocenters. The van der Waals surface area contributed by atoms with E-state index >= 15 is 0 Å². The van der Waals surface area contributed by atoms with Gasteiger partial charge < -0.3 is 0 Å². The highest BCUT2D eigenvalue weighted by Gasteiger charge is 2.20. The summed E-state index contributed by atoms with van der Waals surface area (Å²) < 4.78 is 1.96. The van der Waals surface area contributed by atoms with E-state index in [1.807, 2.05) is 4.68 Å². The third-order valence-corrected chi connectivity index (χ3v) is 2.88. The minimum atomic E-state index is 0.703. The quantitative estimate of drug-likeness (QED) is 0.679. The predicted octanol–water partition coefficient (Wildman–Crippen LogP) is 2.25. The Morgan fingerprint density at radius 3 is 3.07 bits per heavy atom. The third kappa shape index (κ3) is 2.98. The molecule has 0 atom stereocenters. The van der Waals surface area contributed by atoms with Crippen molar-refractivity contribution in [3.63, 3.8) is 0 Å². The molecule has 1 aliphatic rings. The number of hydrogen-bond acceptors (Lipinski definition) is 2. The number of alkyl halides is 1. The third-order valence-electron chi connectivity index (χ3n) is 2.62. The standard InChI is InChI=1S/C10H16ClN3/c11-6-1-2-10-8-14(13-12-10)7-5-9-3-4-9/h8-9H,1-7H2.